The summed E-state index contributed by atoms with van der Waals surface area (Å²) in [5, 5.41) is 0. The molecule has 0 unspecified atom stereocenters. The Balaban J connectivity index is 1.94. The van der Waals surface area contributed by atoms with E-state index in [9.17, 15) is 0 Å². The summed E-state index contributed by atoms with van der Waals surface area (Å²) < 4.78 is 5.68. The molecular weight excluding hydrogens is 270 g/mol. The fourth-order valence-corrected chi connectivity index (χ4v) is 4.64. The molecule has 122 valence electrons. The molecule has 22 heavy (non-hydrogen) atoms. The molecule has 0 radical (unpaired) electrons. The third-order valence-corrected chi connectivity index (χ3v) is 6.09. The zero-order valence-electron chi connectivity index (χ0n) is 14.1. The van der Waals surface area contributed by atoms with Crippen molar-refractivity contribution in [1.82, 2.24) is 0 Å². The number of methoxy groups -OCH3 is 1. The first-order valence-electron chi connectivity index (χ1n) is 9.17. The second-order valence-electron chi connectivity index (χ2n) is 7.34. The normalized spacial score (nSPS) is 22.5. The van der Waals surface area contributed by atoms with Gasteiger partial charge in [0.15, 0.2) is 0 Å². The Labute approximate surface area is 135 Å². The fraction of sp³-hybridized carbons (Fsp3) is 0.700. The Morgan fingerprint density at radius 3 is 2.36 bits per heavy atom. The van der Waals surface area contributed by atoms with Crippen LogP contribution >= 0.6 is 0 Å². The lowest BCUT2D eigenvalue weighted by atomic mass is 9.68. The number of ether oxygens (including phenoxy) is 1. The van der Waals surface area contributed by atoms with Gasteiger partial charge in [-0.05, 0) is 48.8 Å². The number of nitrogens with two attached hydrogens (primary N) is 1. The molecule has 0 atom stereocenters. The molecule has 0 spiro atoms. The highest BCUT2D eigenvalue weighted by Crippen LogP contribution is 2.43. The smallest absolute Gasteiger partial charge is 0.122 e. The average molecular weight is 301 g/mol. The summed E-state index contributed by atoms with van der Waals surface area (Å²) >= 11 is 0. The number of hydrogen-bond acceptors (Lipinski definition) is 2. The molecule has 1 aromatic carbocycles. The maximum Gasteiger partial charge on any atom is 0.122 e. The lowest BCUT2D eigenvalue weighted by Gasteiger charge is -2.37. The van der Waals surface area contributed by atoms with Crippen molar-refractivity contribution < 1.29 is 4.74 Å². The molecule has 0 aliphatic heterocycles. The van der Waals surface area contributed by atoms with Gasteiger partial charge in [0.1, 0.15) is 5.75 Å². The first kappa shape index (κ1) is 15.9. The Bertz CT molecular complexity index is 484. The van der Waals surface area contributed by atoms with Gasteiger partial charge in [-0.3, -0.25) is 0 Å². The molecular formula is C20H31NO. The van der Waals surface area contributed by atoms with E-state index in [1.807, 2.05) is 0 Å². The number of hydrogen-bond donors (Lipinski definition) is 1. The molecule has 0 amide bonds. The van der Waals surface area contributed by atoms with E-state index < -0.39 is 0 Å². The van der Waals surface area contributed by atoms with Crippen molar-refractivity contribution in [3.8, 4) is 5.75 Å². The van der Waals surface area contributed by atoms with E-state index in [1.165, 1.54) is 75.3 Å². The van der Waals surface area contributed by atoms with E-state index in [2.05, 4.69) is 18.2 Å². The standard InChI is InChI=1S/C20H31NO/c1-22-19-11-10-17(20(15-21)12-6-3-7-13-20)14-18(19)16-8-4-2-5-9-16/h10-11,14,16H,2-9,12-13,15,21H2,1H3. The lowest BCUT2D eigenvalue weighted by molar-refractivity contribution is 0.299. The summed E-state index contributed by atoms with van der Waals surface area (Å²) in [6.45, 7) is 0.781. The highest BCUT2D eigenvalue weighted by Gasteiger charge is 2.33. The van der Waals surface area contributed by atoms with E-state index in [0.717, 1.165) is 12.3 Å². The summed E-state index contributed by atoms with van der Waals surface area (Å²) in [6.07, 6.45) is 13.3. The molecule has 2 aliphatic carbocycles. The van der Waals surface area contributed by atoms with Crippen molar-refractivity contribution in [2.24, 2.45) is 5.73 Å². The SMILES string of the molecule is COc1ccc(C2(CN)CCCCC2)cc1C1CCCCC1. The van der Waals surface area contributed by atoms with Crippen molar-refractivity contribution in [2.45, 2.75) is 75.5 Å². The predicted octanol–water partition coefficient (Wildman–Crippen LogP) is 4.90. The quantitative estimate of drug-likeness (QED) is 0.858. The van der Waals surface area contributed by atoms with Gasteiger partial charge in [0, 0.05) is 12.0 Å². The van der Waals surface area contributed by atoms with Gasteiger partial charge in [-0.15, -0.1) is 0 Å². The molecule has 2 saturated carbocycles. The van der Waals surface area contributed by atoms with Crippen LogP contribution in [-0.4, -0.2) is 13.7 Å². The zero-order valence-corrected chi connectivity index (χ0v) is 14.1. The third kappa shape index (κ3) is 3.03. The second kappa shape index (κ2) is 7.04. The molecule has 2 N–H and O–H groups in total. The molecule has 1 aromatic rings. The van der Waals surface area contributed by atoms with Gasteiger partial charge < -0.3 is 10.5 Å². The van der Waals surface area contributed by atoms with Gasteiger partial charge in [-0.2, -0.15) is 0 Å². The summed E-state index contributed by atoms with van der Waals surface area (Å²) in [6, 6.07) is 6.93. The van der Waals surface area contributed by atoms with Crippen LogP contribution in [0.5, 0.6) is 5.75 Å². The largest absolute Gasteiger partial charge is 0.496 e. The fourth-order valence-electron chi connectivity index (χ4n) is 4.64. The van der Waals surface area contributed by atoms with E-state index in [4.69, 9.17) is 10.5 Å². The molecule has 0 heterocycles. The third-order valence-electron chi connectivity index (χ3n) is 6.09. The van der Waals surface area contributed by atoms with E-state index >= 15 is 0 Å². The van der Waals surface area contributed by atoms with Crippen LogP contribution < -0.4 is 10.5 Å². The minimum atomic E-state index is 0.216. The summed E-state index contributed by atoms with van der Waals surface area (Å²) in [7, 11) is 1.81. The van der Waals surface area contributed by atoms with Crippen LogP contribution in [0.2, 0.25) is 0 Å². The Kier molecular flexibility index (Phi) is 5.07. The first-order valence-corrected chi connectivity index (χ1v) is 9.17. The van der Waals surface area contributed by atoms with Crippen LogP contribution in [0.15, 0.2) is 18.2 Å². The maximum absolute atomic E-state index is 6.24. The van der Waals surface area contributed by atoms with Crippen LogP contribution in [0, 0.1) is 0 Å². The molecule has 2 nitrogen and oxygen atoms in total. The molecule has 3 rings (SSSR count). The Hall–Kier alpha value is -1.02. The molecule has 0 bridgehead atoms. The van der Waals surface area contributed by atoms with Crippen molar-refractivity contribution in [1.29, 1.82) is 0 Å². The molecule has 2 aliphatic rings. The number of rotatable bonds is 4. The van der Waals surface area contributed by atoms with Crippen LogP contribution in [0.1, 0.15) is 81.3 Å². The van der Waals surface area contributed by atoms with Crippen molar-refractivity contribution in [3.05, 3.63) is 29.3 Å². The lowest BCUT2D eigenvalue weighted by Crippen LogP contribution is -2.37. The second-order valence-corrected chi connectivity index (χ2v) is 7.34. The van der Waals surface area contributed by atoms with Crippen molar-refractivity contribution >= 4 is 0 Å². The Morgan fingerprint density at radius 1 is 1.05 bits per heavy atom. The topological polar surface area (TPSA) is 35.2 Å². The van der Waals surface area contributed by atoms with Gasteiger partial charge in [-0.25, -0.2) is 0 Å². The summed E-state index contributed by atoms with van der Waals surface area (Å²) in [5.41, 5.74) is 9.37. The average Bonchev–Trinajstić information content (AvgIpc) is 2.62. The first-order chi connectivity index (χ1) is 10.8. The minimum Gasteiger partial charge on any atom is -0.496 e. The van der Waals surface area contributed by atoms with Gasteiger partial charge in [0.25, 0.3) is 0 Å². The summed E-state index contributed by atoms with van der Waals surface area (Å²) in [5.74, 6) is 1.76. The van der Waals surface area contributed by atoms with Crippen LogP contribution in [0.25, 0.3) is 0 Å². The minimum absolute atomic E-state index is 0.216. The van der Waals surface area contributed by atoms with Gasteiger partial charge in [0.05, 0.1) is 7.11 Å². The zero-order chi connectivity index (χ0) is 15.4. The maximum atomic E-state index is 6.24. The van der Waals surface area contributed by atoms with Crippen molar-refractivity contribution in [3.63, 3.8) is 0 Å². The molecule has 0 saturated heterocycles. The van der Waals surface area contributed by atoms with Gasteiger partial charge in [0.2, 0.25) is 0 Å². The monoisotopic (exact) mass is 301 g/mol. The van der Waals surface area contributed by atoms with Crippen LogP contribution in [0.3, 0.4) is 0 Å². The molecule has 0 aromatic heterocycles. The van der Waals surface area contributed by atoms with E-state index in [1.54, 1.807) is 7.11 Å². The van der Waals surface area contributed by atoms with E-state index in [0.29, 0.717) is 5.92 Å². The number of benzene rings is 1. The Morgan fingerprint density at radius 2 is 1.73 bits per heavy atom. The van der Waals surface area contributed by atoms with Crippen LogP contribution in [0.4, 0.5) is 0 Å². The highest BCUT2D eigenvalue weighted by atomic mass is 16.5. The van der Waals surface area contributed by atoms with Crippen LogP contribution in [-0.2, 0) is 5.41 Å². The van der Waals surface area contributed by atoms with Gasteiger partial charge in [-0.1, -0.05) is 50.7 Å². The summed E-state index contributed by atoms with van der Waals surface area (Å²) in [4.78, 5) is 0. The predicted molar refractivity (Wildman–Crippen MR) is 92.6 cm³/mol. The van der Waals surface area contributed by atoms with E-state index in [-0.39, 0.29) is 5.41 Å². The molecule has 2 fully saturated rings. The highest BCUT2D eigenvalue weighted by molar-refractivity contribution is 5.43. The van der Waals surface area contributed by atoms with Crippen molar-refractivity contribution in [2.75, 3.05) is 13.7 Å². The molecule has 2 heteroatoms. The van der Waals surface area contributed by atoms with Gasteiger partial charge >= 0.3 is 0 Å².